The van der Waals surface area contributed by atoms with E-state index in [1.165, 1.54) is 12.4 Å². The minimum atomic E-state index is 0.168. The molecule has 0 spiro atoms. The molecule has 0 aliphatic heterocycles. The number of benzene rings is 1. The number of nitrogens with one attached hydrogen (secondary N) is 2. The van der Waals surface area contributed by atoms with Crippen molar-refractivity contribution in [2.75, 3.05) is 11.9 Å². The number of halogens is 3. The summed E-state index contributed by atoms with van der Waals surface area (Å²) in [6, 6.07) is 5.28. The lowest BCUT2D eigenvalue weighted by molar-refractivity contribution is 0.873. The largest absolute Gasteiger partial charge is 0.362 e. The quantitative estimate of drug-likeness (QED) is 0.614. The van der Waals surface area contributed by atoms with Gasteiger partial charge in [0.1, 0.15) is 6.07 Å². The molecule has 118 valence electrons. The minimum Gasteiger partial charge on any atom is -0.362 e. The van der Waals surface area contributed by atoms with Gasteiger partial charge in [-0.1, -0.05) is 34.8 Å². The van der Waals surface area contributed by atoms with Gasteiger partial charge in [-0.05, 0) is 36.3 Å². The molecule has 1 aromatic heterocycles. The smallest absolute Gasteiger partial charge is 0.183 e. The first-order chi connectivity index (χ1) is 11.0. The van der Waals surface area contributed by atoms with Crippen LogP contribution < -0.4 is 10.6 Å². The van der Waals surface area contributed by atoms with Crippen LogP contribution in [0.1, 0.15) is 11.3 Å². The third-order valence-electron chi connectivity index (χ3n) is 2.78. The highest BCUT2D eigenvalue weighted by Crippen LogP contribution is 2.29. The average Bonchev–Trinajstić information content (AvgIpc) is 2.52. The zero-order valence-corrected chi connectivity index (χ0v) is 14.7. The van der Waals surface area contributed by atoms with E-state index in [0.717, 1.165) is 5.56 Å². The van der Waals surface area contributed by atoms with E-state index < -0.39 is 0 Å². The molecule has 0 radical (unpaired) electrons. The van der Waals surface area contributed by atoms with Crippen molar-refractivity contribution in [1.29, 1.82) is 5.26 Å². The van der Waals surface area contributed by atoms with Crippen LogP contribution in [-0.4, -0.2) is 21.6 Å². The molecule has 23 heavy (non-hydrogen) atoms. The molecule has 2 rings (SSSR count). The van der Waals surface area contributed by atoms with Crippen LogP contribution in [0, 0.1) is 11.3 Å². The number of nitrogens with zero attached hydrogens (tertiary/aromatic N) is 3. The highest BCUT2D eigenvalue weighted by Gasteiger charge is 2.08. The van der Waals surface area contributed by atoms with E-state index >= 15 is 0 Å². The van der Waals surface area contributed by atoms with Crippen LogP contribution in [-0.2, 0) is 6.42 Å². The van der Waals surface area contributed by atoms with Crippen molar-refractivity contribution in [3.05, 3.63) is 50.9 Å². The fourth-order valence-electron chi connectivity index (χ4n) is 1.76. The molecule has 0 aliphatic rings. The van der Waals surface area contributed by atoms with E-state index in [1.54, 1.807) is 12.1 Å². The average molecular weight is 387 g/mol. The van der Waals surface area contributed by atoms with Gasteiger partial charge >= 0.3 is 0 Å². The predicted octanol–water partition coefficient (Wildman–Crippen LogP) is 3.84. The molecule has 0 saturated heterocycles. The van der Waals surface area contributed by atoms with Gasteiger partial charge in [0.15, 0.2) is 16.6 Å². The monoisotopic (exact) mass is 385 g/mol. The van der Waals surface area contributed by atoms with Crippen LogP contribution in [0.5, 0.6) is 0 Å². The number of hydrogen-bond donors (Lipinski definition) is 2. The van der Waals surface area contributed by atoms with Crippen LogP contribution in [0.25, 0.3) is 0 Å². The molecular formula is C14H10Cl3N5S. The Morgan fingerprint density at radius 2 is 1.96 bits per heavy atom. The van der Waals surface area contributed by atoms with Crippen molar-refractivity contribution >= 4 is 58.0 Å². The van der Waals surface area contributed by atoms with E-state index in [1.807, 2.05) is 6.07 Å². The Labute approximate surface area is 153 Å². The third-order valence-corrected chi connectivity index (χ3v) is 4.09. The van der Waals surface area contributed by atoms with Crippen LogP contribution in [0.15, 0.2) is 24.5 Å². The number of anilines is 1. The van der Waals surface area contributed by atoms with E-state index in [2.05, 4.69) is 20.6 Å². The van der Waals surface area contributed by atoms with Crippen LogP contribution in [0.2, 0.25) is 15.1 Å². The lowest BCUT2D eigenvalue weighted by atomic mass is 10.1. The summed E-state index contributed by atoms with van der Waals surface area (Å²) in [5.74, 6) is 0.302. The fraction of sp³-hybridized carbons (Fsp3) is 0.143. The highest BCUT2D eigenvalue weighted by atomic mass is 35.5. The second-order valence-electron chi connectivity index (χ2n) is 4.36. The van der Waals surface area contributed by atoms with Crippen molar-refractivity contribution in [2.24, 2.45) is 0 Å². The van der Waals surface area contributed by atoms with Crippen LogP contribution >= 0.6 is 47.0 Å². The van der Waals surface area contributed by atoms with Gasteiger partial charge in [-0.15, -0.1) is 0 Å². The normalized spacial score (nSPS) is 10.0. The maximum absolute atomic E-state index is 8.94. The van der Waals surface area contributed by atoms with Gasteiger partial charge in [-0.2, -0.15) is 5.26 Å². The first-order valence-corrected chi connectivity index (χ1v) is 7.95. The lowest BCUT2D eigenvalue weighted by Gasteiger charge is -2.11. The SMILES string of the molecule is N#Cc1nccnc1NC(=S)NCCc1cc(Cl)cc(Cl)c1Cl. The predicted molar refractivity (Wildman–Crippen MR) is 96.1 cm³/mol. The second-order valence-corrected chi connectivity index (χ2v) is 5.99. The number of hydrogen-bond acceptors (Lipinski definition) is 4. The Morgan fingerprint density at radius 3 is 2.70 bits per heavy atom. The fourth-order valence-corrected chi connectivity index (χ4v) is 2.70. The standard InChI is InChI=1S/C14H10Cl3N5S/c15-9-5-8(12(17)10(16)6-9)1-2-21-14(23)22-13-11(7-18)19-3-4-20-13/h3-6H,1-2H2,(H2,20,21,22,23). The number of thiocarbonyl (C=S) groups is 1. The van der Waals surface area contributed by atoms with Gasteiger partial charge in [-0.3, -0.25) is 0 Å². The Bertz CT molecular complexity index is 775. The van der Waals surface area contributed by atoms with E-state index in [4.69, 9.17) is 52.3 Å². The van der Waals surface area contributed by atoms with E-state index in [-0.39, 0.29) is 5.69 Å². The molecule has 0 saturated carbocycles. The van der Waals surface area contributed by atoms with E-state index in [9.17, 15) is 0 Å². The van der Waals surface area contributed by atoms with Gasteiger partial charge in [-0.25, -0.2) is 9.97 Å². The molecule has 2 N–H and O–H groups in total. The molecule has 1 aromatic carbocycles. The van der Waals surface area contributed by atoms with Gasteiger partial charge in [0.25, 0.3) is 0 Å². The zero-order valence-electron chi connectivity index (χ0n) is 11.6. The Balaban J connectivity index is 1.92. The molecule has 5 nitrogen and oxygen atoms in total. The van der Waals surface area contributed by atoms with Gasteiger partial charge in [0.05, 0.1) is 10.0 Å². The molecule has 1 heterocycles. The van der Waals surface area contributed by atoms with Gasteiger partial charge in [0.2, 0.25) is 0 Å². The lowest BCUT2D eigenvalue weighted by Crippen LogP contribution is -2.31. The third kappa shape index (κ3) is 4.91. The number of aromatic nitrogens is 2. The molecule has 2 aromatic rings. The number of nitriles is 1. The van der Waals surface area contributed by atoms with Gasteiger partial charge < -0.3 is 10.6 Å². The zero-order chi connectivity index (χ0) is 16.8. The summed E-state index contributed by atoms with van der Waals surface area (Å²) in [5, 5.41) is 16.5. The second kappa shape index (κ2) is 8.27. The molecular weight excluding hydrogens is 377 g/mol. The van der Waals surface area contributed by atoms with Crippen molar-refractivity contribution in [2.45, 2.75) is 6.42 Å². The molecule has 0 bridgehead atoms. The van der Waals surface area contributed by atoms with Crippen molar-refractivity contribution in [1.82, 2.24) is 15.3 Å². The maximum atomic E-state index is 8.94. The molecule has 0 atom stereocenters. The first-order valence-electron chi connectivity index (χ1n) is 6.40. The van der Waals surface area contributed by atoms with Gasteiger partial charge in [0, 0.05) is 24.0 Å². The first kappa shape index (κ1) is 17.7. The summed E-state index contributed by atoms with van der Waals surface area (Å²) in [6.45, 7) is 0.504. The minimum absolute atomic E-state index is 0.168. The maximum Gasteiger partial charge on any atom is 0.183 e. The van der Waals surface area contributed by atoms with E-state index in [0.29, 0.717) is 39.0 Å². The van der Waals surface area contributed by atoms with Crippen LogP contribution in [0.3, 0.4) is 0 Å². The van der Waals surface area contributed by atoms with Crippen molar-refractivity contribution in [3.8, 4) is 6.07 Å². The molecule has 9 heteroatoms. The summed E-state index contributed by atoms with van der Waals surface area (Å²) < 4.78 is 0. The topological polar surface area (TPSA) is 73.6 Å². The Hall–Kier alpha value is -1.65. The summed E-state index contributed by atoms with van der Waals surface area (Å²) in [6.07, 6.45) is 3.48. The Kier molecular flexibility index (Phi) is 6.37. The van der Waals surface area contributed by atoms with Crippen molar-refractivity contribution in [3.63, 3.8) is 0 Å². The Morgan fingerprint density at radius 1 is 1.22 bits per heavy atom. The van der Waals surface area contributed by atoms with Crippen molar-refractivity contribution < 1.29 is 0 Å². The summed E-state index contributed by atoms with van der Waals surface area (Å²) in [4.78, 5) is 7.90. The van der Waals surface area contributed by atoms with Crippen LogP contribution in [0.4, 0.5) is 5.82 Å². The summed E-state index contributed by atoms with van der Waals surface area (Å²) in [5.41, 5.74) is 0.984. The summed E-state index contributed by atoms with van der Waals surface area (Å²) >= 11 is 23.2. The summed E-state index contributed by atoms with van der Waals surface area (Å²) in [7, 11) is 0. The molecule has 0 unspecified atom stereocenters. The highest BCUT2D eigenvalue weighted by molar-refractivity contribution is 7.80. The molecule has 0 aliphatic carbocycles. The number of rotatable bonds is 4. The molecule has 0 amide bonds. The molecule has 0 fully saturated rings.